The largest absolute Gasteiger partial charge is 0.419 e. The number of alkyl halides is 3. The van der Waals surface area contributed by atoms with E-state index in [4.69, 9.17) is 11.6 Å². The average molecular weight is 498 g/mol. The summed E-state index contributed by atoms with van der Waals surface area (Å²) in [5.74, 6) is -1.67. The van der Waals surface area contributed by atoms with Gasteiger partial charge < -0.3 is 15.1 Å². The second kappa shape index (κ2) is 9.54. The fourth-order valence-corrected chi connectivity index (χ4v) is 4.83. The monoisotopic (exact) mass is 497 g/mol. The van der Waals surface area contributed by atoms with Gasteiger partial charge in [-0.15, -0.1) is 0 Å². The van der Waals surface area contributed by atoms with Gasteiger partial charge in [-0.25, -0.2) is 4.39 Å². The van der Waals surface area contributed by atoms with E-state index in [0.29, 0.717) is 62.0 Å². The van der Waals surface area contributed by atoms with Crippen LogP contribution >= 0.6 is 11.6 Å². The maximum absolute atomic E-state index is 13.5. The van der Waals surface area contributed by atoms with E-state index in [-0.39, 0.29) is 23.3 Å². The lowest BCUT2D eigenvalue weighted by atomic mass is 10.0. The number of carbonyl (C=O) groups excluding carboxylic acids is 2. The van der Waals surface area contributed by atoms with Crippen molar-refractivity contribution in [1.29, 1.82) is 0 Å². The number of benzene rings is 2. The van der Waals surface area contributed by atoms with Crippen molar-refractivity contribution in [3.05, 3.63) is 63.9 Å². The van der Waals surface area contributed by atoms with Crippen LogP contribution in [0, 0.1) is 24.6 Å². The lowest BCUT2D eigenvalue weighted by Crippen LogP contribution is -2.34. The van der Waals surface area contributed by atoms with Crippen molar-refractivity contribution < 1.29 is 27.2 Å². The van der Waals surface area contributed by atoms with E-state index in [0.717, 1.165) is 11.6 Å². The number of halogens is 5. The number of fused-ring (bicyclic) bond motifs is 1. The zero-order chi connectivity index (χ0) is 24.6. The zero-order valence-electron chi connectivity index (χ0n) is 18.5. The maximum atomic E-state index is 13.5. The summed E-state index contributed by atoms with van der Waals surface area (Å²) < 4.78 is 52.5. The second-order valence-electron chi connectivity index (χ2n) is 8.94. The summed E-state index contributed by atoms with van der Waals surface area (Å²) >= 11 is 6.09. The first-order valence-corrected chi connectivity index (χ1v) is 11.3. The van der Waals surface area contributed by atoms with Gasteiger partial charge in [-0.1, -0.05) is 17.7 Å². The molecule has 2 aliphatic heterocycles. The summed E-state index contributed by atoms with van der Waals surface area (Å²) in [6, 6.07) is 7.70. The van der Waals surface area contributed by atoms with Gasteiger partial charge >= 0.3 is 6.18 Å². The van der Waals surface area contributed by atoms with Gasteiger partial charge in [0.05, 0.1) is 5.56 Å². The third-order valence-corrected chi connectivity index (χ3v) is 6.89. The Bertz CT molecular complexity index is 1090. The number of likely N-dealkylation sites (tertiary alicyclic amines) is 2. The predicted octanol–water partition coefficient (Wildman–Crippen LogP) is 4.84. The highest BCUT2D eigenvalue weighted by Gasteiger charge is 2.42. The molecule has 2 fully saturated rings. The van der Waals surface area contributed by atoms with Crippen LogP contribution in [0.4, 0.5) is 23.2 Å². The Balaban J connectivity index is 1.27. The molecule has 2 aromatic rings. The molecule has 5 nitrogen and oxygen atoms in total. The molecule has 182 valence electrons. The first-order valence-electron chi connectivity index (χ1n) is 11.0. The van der Waals surface area contributed by atoms with Crippen LogP contribution in [0.2, 0.25) is 5.02 Å². The van der Waals surface area contributed by atoms with Gasteiger partial charge in [-0.3, -0.25) is 9.59 Å². The van der Waals surface area contributed by atoms with Gasteiger partial charge in [0.1, 0.15) is 5.82 Å². The Morgan fingerprint density at radius 1 is 1.06 bits per heavy atom. The SMILES string of the molecule is Cc1ccc(NC(=O)CCN2CC3CN(C(=O)c4ccc(F)c(C(F)(F)F)c4)CC3C2)cc1Cl. The number of anilines is 1. The van der Waals surface area contributed by atoms with E-state index in [1.54, 1.807) is 12.1 Å². The fourth-order valence-electron chi connectivity index (χ4n) is 4.65. The molecular formula is C24H24ClF4N3O2. The molecule has 2 heterocycles. The van der Waals surface area contributed by atoms with Crippen molar-refractivity contribution in [2.75, 3.05) is 38.0 Å². The van der Waals surface area contributed by atoms with Gasteiger partial charge in [-0.2, -0.15) is 13.2 Å². The highest BCUT2D eigenvalue weighted by atomic mass is 35.5. The van der Waals surface area contributed by atoms with Crippen LogP contribution in [0.25, 0.3) is 0 Å². The van der Waals surface area contributed by atoms with Crippen LogP contribution < -0.4 is 5.32 Å². The van der Waals surface area contributed by atoms with Crippen molar-refractivity contribution in [2.45, 2.75) is 19.5 Å². The van der Waals surface area contributed by atoms with Crippen LogP contribution in [-0.4, -0.2) is 54.3 Å². The molecule has 0 saturated carbocycles. The summed E-state index contributed by atoms with van der Waals surface area (Å²) in [5.41, 5.74) is -0.0351. The first kappa shape index (κ1) is 24.5. The molecule has 0 radical (unpaired) electrons. The molecule has 1 N–H and O–H groups in total. The van der Waals surface area contributed by atoms with Gasteiger partial charge in [0.25, 0.3) is 5.91 Å². The fraction of sp³-hybridized carbons (Fsp3) is 0.417. The molecule has 2 amide bonds. The molecular weight excluding hydrogens is 474 g/mol. The smallest absolute Gasteiger partial charge is 0.338 e. The number of hydrogen-bond donors (Lipinski definition) is 1. The summed E-state index contributed by atoms with van der Waals surface area (Å²) in [7, 11) is 0. The van der Waals surface area contributed by atoms with Crippen LogP contribution in [0.5, 0.6) is 0 Å². The lowest BCUT2D eigenvalue weighted by molar-refractivity contribution is -0.140. The molecule has 0 aromatic heterocycles. The van der Waals surface area contributed by atoms with E-state index >= 15 is 0 Å². The maximum Gasteiger partial charge on any atom is 0.419 e. The normalized spacial score (nSPS) is 20.5. The number of nitrogens with one attached hydrogen (secondary N) is 1. The molecule has 2 aliphatic rings. The number of nitrogens with zero attached hydrogens (tertiary/aromatic N) is 2. The van der Waals surface area contributed by atoms with E-state index in [1.807, 2.05) is 13.0 Å². The van der Waals surface area contributed by atoms with Crippen molar-refractivity contribution >= 4 is 29.1 Å². The van der Waals surface area contributed by atoms with Crippen molar-refractivity contribution in [3.8, 4) is 0 Å². The van der Waals surface area contributed by atoms with Crippen molar-refractivity contribution in [2.24, 2.45) is 11.8 Å². The van der Waals surface area contributed by atoms with Crippen molar-refractivity contribution in [1.82, 2.24) is 9.80 Å². The Kier molecular flexibility index (Phi) is 6.87. The van der Waals surface area contributed by atoms with Crippen molar-refractivity contribution in [3.63, 3.8) is 0 Å². The van der Waals surface area contributed by atoms with E-state index in [9.17, 15) is 27.2 Å². The number of rotatable bonds is 5. The third kappa shape index (κ3) is 5.36. The molecule has 2 atom stereocenters. The van der Waals surface area contributed by atoms with E-state index < -0.39 is 23.5 Å². The Morgan fingerprint density at radius 3 is 2.35 bits per heavy atom. The summed E-state index contributed by atoms with van der Waals surface area (Å²) in [5, 5.41) is 3.42. The topological polar surface area (TPSA) is 52.7 Å². The molecule has 0 bridgehead atoms. The summed E-state index contributed by atoms with van der Waals surface area (Å²) in [6.07, 6.45) is -4.55. The van der Waals surface area contributed by atoms with Crippen LogP contribution in [0.15, 0.2) is 36.4 Å². The minimum Gasteiger partial charge on any atom is -0.338 e. The quantitative estimate of drug-likeness (QED) is 0.602. The van der Waals surface area contributed by atoms with Gasteiger partial charge in [-0.05, 0) is 54.7 Å². The highest BCUT2D eigenvalue weighted by molar-refractivity contribution is 6.31. The highest BCUT2D eigenvalue weighted by Crippen LogP contribution is 2.34. The molecule has 0 aliphatic carbocycles. The molecule has 2 aromatic carbocycles. The lowest BCUT2D eigenvalue weighted by Gasteiger charge is -2.22. The average Bonchev–Trinajstić information content (AvgIpc) is 3.33. The molecule has 34 heavy (non-hydrogen) atoms. The van der Waals surface area contributed by atoms with Crippen LogP contribution in [0.3, 0.4) is 0 Å². The molecule has 2 saturated heterocycles. The van der Waals surface area contributed by atoms with Gasteiger partial charge in [0, 0.05) is 55.4 Å². The zero-order valence-corrected chi connectivity index (χ0v) is 19.2. The number of carbonyl (C=O) groups is 2. The minimum atomic E-state index is -4.86. The summed E-state index contributed by atoms with van der Waals surface area (Å²) in [6.45, 7) is 4.70. The standard InChI is InChI=1S/C24H24ClF4N3O2/c1-14-2-4-18(9-20(14)25)30-22(33)6-7-31-10-16-12-32(13-17(16)11-31)23(34)15-3-5-21(26)19(8-15)24(27,28)29/h2-5,8-9,16-17H,6-7,10-13H2,1H3,(H,30,33). The Labute approximate surface area is 199 Å². The second-order valence-corrected chi connectivity index (χ2v) is 9.35. The molecule has 0 spiro atoms. The summed E-state index contributed by atoms with van der Waals surface area (Å²) in [4.78, 5) is 28.7. The molecule has 2 unspecified atom stereocenters. The first-order chi connectivity index (χ1) is 16.0. The minimum absolute atomic E-state index is 0.120. The number of aryl methyl sites for hydroxylation is 1. The number of amides is 2. The van der Waals surface area contributed by atoms with Crippen LogP contribution in [-0.2, 0) is 11.0 Å². The molecule has 4 rings (SSSR count). The van der Waals surface area contributed by atoms with E-state index in [1.165, 1.54) is 4.90 Å². The molecule has 10 heteroatoms. The van der Waals surface area contributed by atoms with E-state index in [2.05, 4.69) is 10.2 Å². The predicted molar refractivity (Wildman–Crippen MR) is 120 cm³/mol. The van der Waals surface area contributed by atoms with Gasteiger partial charge in [0.15, 0.2) is 0 Å². The third-order valence-electron chi connectivity index (χ3n) is 6.48. The number of hydrogen-bond acceptors (Lipinski definition) is 3. The van der Waals surface area contributed by atoms with Gasteiger partial charge in [0.2, 0.25) is 5.91 Å². The Hall–Kier alpha value is -2.65. The Morgan fingerprint density at radius 2 is 1.74 bits per heavy atom. The van der Waals surface area contributed by atoms with Crippen LogP contribution in [0.1, 0.15) is 27.9 Å².